The zero-order valence-corrected chi connectivity index (χ0v) is 23.8. The lowest BCUT2D eigenvalue weighted by molar-refractivity contribution is -0.132. The van der Waals surface area contributed by atoms with Gasteiger partial charge < -0.3 is 33.7 Å². The van der Waals surface area contributed by atoms with Gasteiger partial charge >= 0.3 is 6.03 Å². The van der Waals surface area contributed by atoms with Gasteiger partial charge in [0.2, 0.25) is 5.91 Å². The van der Waals surface area contributed by atoms with E-state index in [1.165, 1.54) is 4.90 Å². The highest BCUT2D eigenvalue weighted by Crippen LogP contribution is 2.28. The fourth-order valence-corrected chi connectivity index (χ4v) is 4.17. The highest BCUT2D eigenvalue weighted by atomic mass is 35.5. The molecule has 3 aromatic rings. The summed E-state index contributed by atoms with van der Waals surface area (Å²) in [5.74, 6) is 1.65. The van der Waals surface area contributed by atoms with Gasteiger partial charge in [0.1, 0.15) is 12.3 Å². The molecule has 39 heavy (non-hydrogen) atoms. The molecule has 210 valence electrons. The van der Waals surface area contributed by atoms with E-state index in [0.29, 0.717) is 65.5 Å². The Bertz CT molecular complexity index is 1220. The number of benzene rings is 2. The smallest absolute Gasteiger partial charge is 0.322 e. The summed E-state index contributed by atoms with van der Waals surface area (Å²) in [5, 5.41) is 3.49. The standard InChI is InChI=1S/C28H33Cl2N3O6/c1-36-14-5-12-33(28(35)31-21-8-9-23(29)24(30)17-21)19-27(34)32(18-22-6-4-15-39-22)13-11-20-7-10-25(37-2)26(16-20)38-3/h4,6-10,15-17H,5,11-14,18-19H2,1-3H3,(H,31,35). The Morgan fingerprint density at radius 3 is 2.38 bits per heavy atom. The van der Waals surface area contributed by atoms with E-state index >= 15 is 0 Å². The third kappa shape index (κ3) is 9.09. The van der Waals surface area contributed by atoms with Gasteiger partial charge in [-0.15, -0.1) is 0 Å². The Hall–Kier alpha value is -3.40. The molecule has 0 bridgehead atoms. The lowest BCUT2D eigenvalue weighted by atomic mass is 10.1. The summed E-state index contributed by atoms with van der Waals surface area (Å²) >= 11 is 12.1. The van der Waals surface area contributed by atoms with Crippen LogP contribution in [0.25, 0.3) is 0 Å². The summed E-state index contributed by atoms with van der Waals surface area (Å²) in [5.41, 5.74) is 1.44. The molecule has 0 unspecified atom stereocenters. The van der Waals surface area contributed by atoms with Crippen molar-refractivity contribution < 1.29 is 28.2 Å². The van der Waals surface area contributed by atoms with Crippen molar-refractivity contribution in [3.63, 3.8) is 0 Å². The van der Waals surface area contributed by atoms with Crippen LogP contribution in [0, 0.1) is 0 Å². The molecule has 1 heterocycles. The quantitative estimate of drug-likeness (QED) is 0.245. The maximum atomic E-state index is 13.6. The number of carbonyl (C=O) groups is 2. The number of halogens is 2. The summed E-state index contributed by atoms with van der Waals surface area (Å²) < 4.78 is 21.4. The highest BCUT2D eigenvalue weighted by molar-refractivity contribution is 6.42. The first kappa shape index (κ1) is 30.1. The van der Waals surface area contributed by atoms with Crippen LogP contribution in [0.3, 0.4) is 0 Å². The molecule has 0 aliphatic rings. The van der Waals surface area contributed by atoms with Gasteiger partial charge in [-0.3, -0.25) is 4.79 Å². The molecule has 9 nitrogen and oxygen atoms in total. The van der Waals surface area contributed by atoms with E-state index in [4.69, 9.17) is 41.8 Å². The zero-order chi connectivity index (χ0) is 28.2. The van der Waals surface area contributed by atoms with E-state index in [2.05, 4.69) is 5.32 Å². The van der Waals surface area contributed by atoms with Crippen molar-refractivity contribution in [2.75, 3.05) is 52.9 Å². The number of urea groups is 1. The number of ether oxygens (including phenoxy) is 3. The van der Waals surface area contributed by atoms with Crippen molar-refractivity contribution >= 4 is 40.8 Å². The van der Waals surface area contributed by atoms with Crippen LogP contribution >= 0.6 is 23.2 Å². The van der Waals surface area contributed by atoms with Crippen LogP contribution in [0.1, 0.15) is 17.7 Å². The van der Waals surface area contributed by atoms with Gasteiger partial charge in [0.25, 0.3) is 0 Å². The van der Waals surface area contributed by atoms with Crippen molar-refractivity contribution in [2.45, 2.75) is 19.4 Å². The zero-order valence-electron chi connectivity index (χ0n) is 22.2. The number of hydrogen-bond donors (Lipinski definition) is 1. The fraction of sp³-hybridized carbons (Fsp3) is 0.357. The normalized spacial score (nSPS) is 10.7. The highest BCUT2D eigenvalue weighted by Gasteiger charge is 2.23. The third-order valence-electron chi connectivity index (χ3n) is 5.96. The van der Waals surface area contributed by atoms with Gasteiger partial charge in [0.15, 0.2) is 11.5 Å². The molecular weight excluding hydrogens is 545 g/mol. The van der Waals surface area contributed by atoms with Crippen LogP contribution in [0.2, 0.25) is 10.0 Å². The first-order chi connectivity index (χ1) is 18.8. The van der Waals surface area contributed by atoms with Crippen molar-refractivity contribution in [2.24, 2.45) is 0 Å². The Kier molecular flexibility index (Phi) is 11.8. The van der Waals surface area contributed by atoms with Crippen molar-refractivity contribution in [1.29, 1.82) is 0 Å². The second kappa shape index (κ2) is 15.3. The molecular formula is C28H33Cl2N3O6. The largest absolute Gasteiger partial charge is 0.493 e. The summed E-state index contributed by atoms with van der Waals surface area (Å²) in [6, 6.07) is 13.6. The van der Waals surface area contributed by atoms with E-state index in [-0.39, 0.29) is 19.0 Å². The molecule has 0 atom stereocenters. The van der Waals surface area contributed by atoms with E-state index in [1.54, 1.807) is 56.8 Å². The number of carbonyl (C=O) groups excluding carboxylic acids is 2. The van der Waals surface area contributed by atoms with Crippen LogP contribution in [-0.4, -0.2) is 69.3 Å². The first-order valence-electron chi connectivity index (χ1n) is 12.4. The van der Waals surface area contributed by atoms with Gasteiger partial charge in [-0.25, -0.2) is 4.79 Å². The molecule has 0 fully saturated rings. The van der Waals surface area contributed by atoms with Crippen LogP contribution in [0.5, 0.6) is 11.5 Å². The Balaban J connectivity index is 1.74. The topological polar surface area (TPSA) is 93.5 Å². The molecule has 0 radical (unpaired) electrons. The fourth-order valence-electron chi connectivity index (χ4n) is 3.87. The maximum Gasteiger partial charge on any atom is 0.322 e. The van der Waals surface area contributed by atoms with E-state index in [1.807, 2.05) is 24.3 Å². The lowest BCUT2D eigenvalue weighted by Crippen LogP contribution is -2.45. The molecule has 11 heteroatoms. The van der Waals surface area contributed by atoms with Crippen molar-refractivity contribution in [1.82, 2.24) is 9.80 Å². The molecule has 0 saturated heterocycles. The summed E-state index contributed by atoms with van der Waals surface area (Å²) in [4.78, 5) is 29.9. The minimum absolute atomic E-state index is 0.135. The SMILES string of the molecule is COCCCN(CC(=O)N(CCc1ccc(OC)c(OC)c1)Cc1ccco1)C(=O)Nc1ccc(Cl)c(Cl)c1. The van der Waals surface area contributed by atoms with Gasteiger partial charge in [-0.1, -0.05) is 29.3 Å². The summed E-state index contributed by atoms with van der Waals surface area (Å²) in [6.07, 6.45) is 2.68. The Labute approximate surface area is 238 Å². The van der Waals surface area contributed by atoms with Gasteiger partial charge in [-0.2, -0.15) is 0 Å². The molecule has 3 amide bonds. The van der Waals surface area contributed by atoms with Crippen LogP contribution in [0.15, 0.2) is 59.2 Å². The summed E-state index contributed by atoms with van der Waals surface area (Å²) in [7, 11) is 4.75. The Morgan fingerprint density at radius 1 is 0.923 bits per heavy atom. The van der Waals surface area contributed by atoms with Crippen LogP contribution in [0.4, 0.5) is 10.5 Å². The third-order valence-corrected chi connectivity index (χ3v) is 6.70. The number of rotatable bonds is 14. The molecule has 0 aliphatic carbocycles. The average molecular weight is 578 g/mol. The Morgan fingerprint density at radius 2 is 1.72 bits per heavy atom. The molecule has 0 saturated carbocycles. The maximum absolute atomic E-state index is 13.6. The monoisotopic (exact) mass is 577 g/mol. The number of amides is 3. The predicted octanol–water partition coefficient (Wildman–Crippen LogP) is 5.75. The molecule has 2 aromatic carbocycles. The molecule has 1 N–H and O–H groups in total. The predicted molar refractivity (Wildman–Crippen MR) is 151 cm³/mol. The van der Waals surface area contributed by atoms with Crippen molar-refractivity contribution in [3.8, 4) is 11.5 Å². The minimum Gasteiger partial charge on any atom is -0.493 e. The van der Waals surface area contributed by atoms with E-state index < -0.39 is 6.03 Å². The first-order valence-corrected chi connectivity index (χ1v) is 13.1. The molecule has 0 aliphatic heterocycles. The van der Waals surface area contributed by atoms with Gasteiger partial charge in [0, 0.05) is 32.5 Å². The van der Waals surface area contributed by atoms with Crippen LogP contribution < -0.4 is 14.8 Å². The van der Waals surface area contributed by atoms with Crippen LogP contribution in [-0.2, 0) is 22.5 Å². The lowest BCUT2D eigenvalue weighted by Gasteiger charge is -2.27. The molecule has 1 aromatic heterocycles. The van der Waals surface area contributed by atoms with Gasteiger partial charge in [-0.05, 0) is 60.9 Å². The number of nitrogens with one attached hydrogen (secondary N) is 1. The second-order valence-corrected chi connectivity index (χ2v) is 9.48. The minimum atomic E-state index is -0.435. The number of hydrogen-bond acceptors (Lipinski definition) is 6. The number of methoxy groups -OCH3 is 3. The van der Waals surface area contributed by atoms with E-state index in [9.17, 15) is 9.59 Å². The second-order valence-electron chi connectivity index (χ2n) is 8.66. The molecule has 3 rings (SSSR count). The van der Waals surface area contributed by atoms with Crippen molar-refractivity contribution in [3.05, 3.63) is 76.2 Å². The summed E-state index contributed by atoms with van der Waals surface area (Å²) in [6.45, 7) is 1.29. The molecule has 0 spiro atoms. The number of furan rings is 1. The number of anilines is 1. The van der Waals surface area contributed by atoms with E-state index in [0.717, 1.165) is 5.56 Å². The van der Waals surface area contributed by atoms with Gasteiger partial charge in [0.05, 0.1) is 37.1 Å². The number of nitrogens with zero attached hydrogens (tertiary/aromatic N) is 2. The average Bonchev–Trinajstić information content (AvgIpc) is 3.45.